The molecule has 150 valence electrons. The molecule has 0 radical (unpaired) electrons. The van der Waals surface area contributed by atoms with Crippen LogP contribution in [0.2, 0.25) is 5.02 Å². The fraction of sp³-hybridized carbons (Fsp3) is 0.250. The Kier molecular flexibility index (Phi) is 7.04. The molecule has 1 fully saturated rings. The minimum absolute atomic E-state index is 0.0331. The lowest BCUT2D eigenvalue weighted by molar-refractivity contribution is 0.0942. The van der Waals surface area contributed by atoms with Crippen LogP contribution in [0.4, 0.5) is 0 Å². The van der Waals surface area contributed by atoms with Crippen molar-refractivity contribution in [2.75, 3.05) is 13.2 Å². The first-order chi connectivity index (χ1) is 14.1. The van der Waals surface area contributed by atoms with Crippen molar-refractivity contribution in [1.82, 2.24) is 25.1 Å². The van der Waals surface area contributed by atoms with Gasteiger partial charge in [0.1, 0.15) is 17.6 Å². The van der Waals surface area contributed by atoms with Crippen LogP contribution in [0.1, 0.15) is 29.6 Å². The second kappa shape index (κ2) is 9.90. The van der Waals surface area contributed by atoms with Crippen LogP contribution >= 0.6 is 11.6 Å². The van der Waals surface area contributed by atoms with Crippen LogP contribution in [0, 0.1) is 0 Å². The van der Waals surface area contributed by atoms with E-state index >= 15 is 0 Å². The average molecular weight is 414 g/mol. The summed E-state index contributed by atoms with van der Waals surface area (Å²) in [4.78, 5) is 32.8. The number of carbonyl (C=O) groups excluding carboxylic acids is 1. The van der Waals surface area contributed by atoms with Gasteiger partial charge in [-0.15, -0.1) is 0 Å². The van der Waals surface area contributed by atoms with Crippen molar-refractivity contribution >= 4 is 17.5 Å². The molecule has 2 N–H and O–H groups in total. The second-order valence-corrected chi connectivity index (χ2v) is 6.74. The van der Waals surface area contributed by atoms with E-state index in [2.05, 4.69) is 20.4 Å². The Hall–Kier alpha value is -3.10. The number of halogens is 1. The molecule has 3 aromatic rings. The molecule has 4 rings (SSSR count). The van der Waals surface area contributed by atoms with Gasteiger partial charge in [0.25, 0.3) is 11.5 Å². The molecule has 0 saturated heterocycles. The van der Waals surface area contributed by atoms with E-state index in [4.69, 9.17) is 16.7 Å². The summed E-state index contributed by atoms with van der Waals surface area (Å²) in [5, 5.41) is 16.2. The van der Waals surface area contributed by atoms with Gasteiger partial charge in [0.15, 0.2) is 0 Å². The van der Waals surface area contributed by atoms with Gasteiger partial charge < -0.3 is 10.4 Å². The van der Waals surface area contributed by atoms with Crippen LogP contribution in [-0.2, 0) is 0 Å². The highest BCUT2D eigenvalue weighted by atomic mass is 35.5. The molecule has 0 unspecified atom stereocenters. The van der Waals surface area contributed by atoms with Crippen molar-refractivity contribution in [2.24, 2.45) is 0 Å². The Morgan fingerprint density at radius 1 is 1.14 bits per heavy atom. The van der Waals surface area contributed by atoms with E-state index in [-0.39, 0.29) is 18.7 Å². The molecule has 2 heterocycles. The molecule has 1 aromatic carbocycles. The van der Waals surface area contributed by atoms with Gasteiger partial charge in [-0.3, -0.25) is 9.59 Å². The van der Waals surface area contributed by atoms with Crippen molar-refractivity contribution < 1.29 is 9.90 Å². The SMILES string of the molecule is C1CC1.O=C(NCCO)c1cc(-c2ccc(Cl)cc2)nn(-c2cncnc2)c1=O. The van der Waals surface area contributed by atoms with Gasteiger partial charge >= 0.3 is 0 Å². The number of benzene rings is 1. The number of rotatable bonds is 5. The summed E-state index contributed by atoms with van der Waals surface area (Å²) in [7, 11) is 0. The highest BCUT2D eigenvalue weighted by Gasteiger charge is 2.17. The first-order valence-corrected chi connectivity index (χ1v) is 9.52. The highest BCUT2D eigenvalue weighted by Crippen LogP contribution is 2.20. The number of nitrogens with zero attached hydrogens (tertiary/aromatic N) is 4. The van der Waals surface area contributed by atoms with Crippen molar-refractivity contribution in [3.8, 4) is 16.9 Å². The molecular formula is C20H20ClN5O3. The van der Waals surface area contributed by atoms with Crippen LogP contribution in [0.25, 0.3) is 16.9 Å². The molecule has 8 nitrogen and oxygen atoms in total. The maximum absolute atomic E-state index is 12.7. The third-order valence-electron chi connectivity index (χ3n) is 3.84. The molecule has 9 heteroatoms. The van der Waals surface area contributed by atoms with E-state index in [1.54, 1.807) is 24.3 Å². The summed E-state index contributed by atoms with van der Waals surface area (Å²) in [6.07, 6.45) is 8.66. The van der Waals surface area contributed by atoms with Crippen molar-refractivity contribution in [2.45, 2.75) is 19.3 Å². The molecule has 2 aromatic heterocycles. The maximum Gasteiger partial charge on any atom is 0.284 e. The zero-order chi connectivity index (χ0) is 20.6. The van der Waals surface area contributed by atoms with Gasteiger partial charge in [0, 0.05) is 17.1 Å². The zero-order valence-electron chi connectivity index (χ0n) is 15.6. The number of aliphatic hydroxyl groups excluding tert-OH is 1. The first kappa shape index (κ1) is 20.6. The fourth-order valence-electron chi connectivity index (χ4n) is 2.26. The Morgan fingerprint density at radius 3 is 2.38 bits per heavy atom. The Balaban J connectivity index is 0.000000732. The van der Waals surface area contributed by atoms with Crippen molar-refractivity contribution in [3.05, 3.63) is 70.0 Å². The normalized spacial score (nSPS) is 11.9. The van der Waals surface area contributed by atoms with Gasteiger partial charge in [0.2, 0.25) is 0 Å². The molecule has 1 aliphatic rings. The number of amides is 1. The highest BCUT2D eigenvalue weighted by molar-refractivity contribution is 6.30. The van der Waals surface area contributed by atoms with Gasteiger partial charge in [-0.2, -0.15) is 9.78 Å². The third-order valence-corrected chi connectivity index (χ3v) is 4.09. The van der Waals surface area contributed by atoms with E-state index in [9.17, 15) is 9.59 Å². The minimum atomic E-state index is -0.618. The third kappa shape index (κ3) is 5.69. The zero-order valence-corrected chi connectivity index (χ0v) is 16.3. The van der Waals surface area contributed by atoms with E-state index < -0.39 is 11.5 Å². The van der Waals surface area contributed by atoms with Gasteiger partial charge in [0.05, 0.1) is 24.7 Å². The Morgan fingerprint density at radius 2 is 1.79 bits per heavy atom. The van der Waals surface area contributed by atoms with Crippen molar-refractivity contribution in [3.63, 3.8) is 0 Å². The van der Waals surface area contributed by atoms with Crippen LogP contribution in [0.3, 0.4) is 0 Å². The number of carbonyl (C=O) groups is 1. The molecule has 1 aliphatic carbocycles. The summed E-state index contributed by atoms with van der Waals surface area (Å²) >= 11 is 5.91. The van der Waals surface area contributed by atoms with Gasteiger partial charge in [-0.1, -0.05) is 43.0 Å². The molecule has 29 heavy (non-hydrogen) atoms. The lowest BCUT2D eigenvalue weighted by atomic mass is 10.1. The average Bonchev–Trinajstić information content (AvgIpc) is 3.63. The number of nitrogens with one attached hydrogen (secondary N) is 1. The first-order valence-electron chi connectivity index (χ1n) is 9.15. The van der Waals surface area contributed by atoms with E-state index in [1.165, 1.54) is 44.0 Å². The summed E-state index contributed by atoms with van der Waals surface area (Å²) in [5.41, 5.74) is 0.676. The molecule has 1 saturated carbocycles. The minimum Gasteiger partial charge on any atom is -0.395 e. The van der Waals surface area contributed by atoms with Crippen LogP contribution in [0.15, 0.2) is 53.8 Å². The van der Waals surface area contributed by atoms with Crippen LogP contribution in [0.5, 0.6) is 0 Å². The quantitative estimate of drug-likeness (QED) is 0.663. The number of hydrogen-bond acceptors (Lipinski definition) is 6. The monoisotopic (exact) mass is 413 g/mol. The van der Waals surface area contributed by atoms with E-state index in [0.29, 0.717) is 22.0 Å². The number of aliphatic hydroxyl groups is 1. The van der Waals surface area contributed by atoms with Crippen molar-refractivity contribution in [1.29, 1.82) is 0 Å². The van der Waals surface area contributed by atoms with E-state index in [1.807, 2.05) is 0 Å². The summed E-state index contributed by atoms with van der Waals surface area (Å²) in [5.74, 6) is -0.604. The van der Waals surface area contributed by atoms with E-state index in [0.717, 1.165) is 4.68 Å². The maximum atomic E-state index is 12.7. The largest absolute Gasteiger partial charge is 0.395 e. The summed E-state index contributed by atoms with van der Waals surface area (Å²) in [6.45, 7) is -0.201. The van der Waals surface area contributed by atoms with Crippen LogP contribution < -0.4 is 10.9 Å². The number of aromatic nitrogens is 4. The predicted molar refractivity (Wildman–Crippen MR) is 109 cm³/mol. The summed E-state index contributed by atoms with van der Waals surface area (Å²) < 4.78 is 1.07. The fourth-order valence-corrected chi connectivity index (χ4v) is 2.39. The molecule has 0 atom stereocenters. The summed E-state index contributed by atoms with van der Waals surface area (Å²) in [6, 6.07) is 8.24. The standard InChI is InChI=1S/C17H14ClN5O3.C3H6/c18-12-3-1-11(2-4-12)15-7-14(16(25)21-5-6-24)17(26)23(22-15)13-8-19-10-20-9-13;1-2-3-1/h1-4,7-10,24H,5-6H2,(H,21,25);1-3H2. The topological polar surface area (TPSA) is 110 Å². The molecule has 0 aliphatic heterocycles. The lowest BCUT2D eigenvalue weighted by Crippen LogP contribution is -2.35. The van der Waals surface area contributed by atoms with Gasteiger partial charge in [-0.05, 0) is 18.2 Å². The van der Waals surface area contributed by atoms with Gasteiger partial charge in [-0.25, -0.2) is 9.97 Å². The lowest BCUT2D eigenvalue weighted by Gasteiger charge is -2.10. The Labute approximate surface area is 172 Å². The number of hydrogen-bond donors (Lipinski definition) is 2. The molecule has 0 bridgehead atoms. The second-order valence-electron chi connectivity index (χ2n) is 6.30. The molecule has 1 amide bonds. The van der Waals surface area contributed by atoms with Crippen LogP contribution in [-0.4, -0.2) is 43.9 Å². The Bertz CT molecular complexity index is 1020. The molecule has 0 spiro atoms. The molecular weight excluding hydrogens is 394 g/mol. The predicted octanol–water partition coefficient (Wildman–Crippen LogP) is 2.24. The smallest absolute Gasteiger partial charge is 0.284 e.